The fourth-order valence-corrected chi connectivity index (χ4v) is 3.59. The maximum Gasteiger partial charge on any atom is 0.230 e. The van der Waals surface area contributed by atoms with Crippen LogP contribution < -0.4 is 5.32 Å². The van der Waals surface area contributed by atoms with Crippen molar-refractivity contribution in [1.29, 1.82) is 0 Å². The molecule has 1 aliphatic rings. The Bertz CT molecular complexity index is 476. The van der Waals surface area contributed by atoms with Crippen molar-refractivity contribution in [2.45, 2.75) is 64.2 Å². The van der Waals surface area contributed by atoms with E-state index < -0.39 is 0 Å². The molecule has 3 unspecified atom stereocenters. The highest BCUT2D eigenvalue weighted by Gasteiger charge is 2.28. The van der Waals surface area contributed by atoms with Crippen molar-refractivity contribution >= 4 is 17.7 Å². The Labute approximate surface area is 130 Å². The molecule has 0 radical (unpaired) electrons. The third kappa shape index (κ3) is 4.18. The van der Waals surface area contributed by atoms with E-state index in [1.807, 2.05) is 13.8 Å². The second kappa shape index (κ2) is 7.24. The number of hydrogen-bond donors (Lipinski definition) is 1. The highest BCUT2D eigenvalue weighted by molar-refractivity contribution is 7.99. The van der Waals surface area contributed by atoms with Crippen LogP contribution in [-0.2, 0) is 4.79 Å². The average Bonchev–Trinajstić information content (AvgIpc) is 2.90. The van der Waals surface area contributed by atoms with Crippen molar-refractivity contribution in [3.8, 4) is 0 Å². The number of tetrazole rings is 1. The first-order valence-electron chi connectivity index (χ1n) is 7.69. The quantitative estimate of drug-likeness (QED) is 0.845. The Morgan fingerprint density at radius 2 is 2.19 bits per heavy atom. The molecule has 0 aromatic carbocycles. The van der Waals surface area contributed by atoms with Gasteiger partial charge in [0.2, 0.25) is 11.1 Å². The van der Waals surface area contributed by atoms with Crippen molar-refractivity contribution in [2.24, 2.45) is 11.8 Å². The van der Waals surface area contributed by atoms with Gasteiger partial charge in [-0.1, -0.05) is 38.5 Å². The summed E-state index contributed by atoms with van der Waals surface area (Å²) in [5.41, 5.74) is 0. The van der Waals surface area contributed by atoms with E-state index in [4.69, 9.17) is 0 Å². The molecule has 118 valence electrons. The molecule has 1 N–H and O–H groups in total. The van der Waals surface area contributed by atoms with Gasteiger partial charge < -0.3 is 5.32 Å². The molecule has 0 bridgehead atoms. The van der Waals surface area contributed by atoms with Crippen molar-refractivity contribution < 1.29 is 4.79 Å². The van der Waals surface area contributed by atoms with E-state index >= 15 is 0 Å². The fraction of sp³-hybridized carbons (Fsp3) is 0.857. The summed E-state index contributed by atoms with van der Waals surface area (Å²) in [4.78, 5) is 12.1. The van der Waals surface area contributed by atoms with E-state index in [-0.39, 0.29) is 11.9 Å². The van der Waals surface area contributed by atoms with Gasteiger partial charge in [-0.05, 0) is 42.5 Å². The Kier molecular flexibility index (Phi) is 5.61. The minimum atomic E-state index is 0.0734. The van der Waals surface area contributed by atoms with Crippen LogP contribution >= 0.6 is 11.8 Å². The standard InChI is InChI=1S/C14H25N5OS/c1-9(2)19-14(16-17-18-19)21-8-13(20)15-12-7-5-6-10(3)11(12)4/h9-12H,5-8H2,1-4H3,(H,15,20). The van der Waals surface area contributed by atoms with Gasteiger partial charge in [-0.3, -0.25) is 4.79 Å². The van der Waals surface area contributed by atoms with E-state index in [1.165, 1.54) is 24.6 Å². The molecular weight excluding hydrogens is 286 g/mol. The van der Waals surface area contributed by atoms with E-state index in [1.54, 1.807) is 4.68 Å². The van der Waals surface area contributed by atoms with E-state index in [0.717, 1.165) is 6.42 Å². The minimum Gasteiger partial charge on any atom is -0.352 e. The summed E-state index contributed by atoms with van der Waals surface area (Å²) in [6, 6.07) is 0.507. The van der Waals surface area contributed by atoms with Gasteiger partial charge in [-0.2, -0.15) is 0 Å². The molecule has 0 aliphatic heterocycles. The van der Waals surface area contributed by atoms with Crippen molar-refractivity contribution in [3.63, 3.8) is 0 Å². The third-order valence-electron chi connectivity index (χ3n) is 4.34. The number of hydrogen-bond acceptors (Lipinski definition) is 5. The number of carbonyl (C=O) groups excluding carboxylic acids is 1. The highest BCUT2D eigenvalue weighted by atomic mass is 32.2. The molecule has 1 fully saturated rings. The van der Waals surface area contributed by atoms with Crippen molar-refractivity contribution in [1.82, 2.24) is 25.5 Å². The summed E-state index contributed by atoms with van der Waals surface area (Å²) < 4.78 is 1.74. The van der Waals surface area contributed by atoms with E-state index in [2.05, 4.69) is 34.7 Å². The van der Waals surface area contributed by atoms with E-state index in [9.17, 15) is 4.79 Å². The summed E-state index contributed by atoms with van der Waals surface area (Å²) in [5.74, 6) is 1.67. The molecule has 21 heavy (non-hydrogen) atoms. The smallest absolute Gasteiger partial charge is 0.230 e. The highest BCUT2D eigenvalue weighted by Crippen LogP contribution is 2.29. The number of carbonyl (C=O) groups is 1. The minimum absolute atomic E-state index is 0.0734. The molecule has 1 aromatic heterocycles. The predicted octanol–water partition coefficient (Wildman–Crippen LogP) is 2.29. The molecule has 1 aromatic rings. The number of nitrogens with one attached hydrogen (secondary N) is 1. The van der Waals surface area contributed by atoms with Gasteiger partial charge >= 0.3 is 0 Å². The Morgan fingerprint density at radius 3 is 2.90 bits per heavy atom. The summed E-state index contributed by atoms with van der Waals surface area (Å²) in [6.07, 6.45) is 3.56. The molecule has 0 saturated heterocycles. The molecule has 1 saturated carbocycles. The normalized spacial score (nSPS) is 26.0. The van der Waals surface area contributed by atoms with Gasteiger partial charge in [0.05, 0.1) is 11.8 Å². The summed E-state index contributed by atoms with van der Waals surface area (Å²) in [6.45, 7) is 8.55. The molecule has 1 heterocycles. The van der Waals surface area contributed by atoms with Crippen LogP contribution in [0.5, 0.6) is 0 Å². The summed E-state index contributed by atoms with van der Waals surface area (Å²) >= 11 is 1.40. The second-order valence-electron chi connectivity index (χ2n) is 6.23. The molecule has 1 aliphatic carbocycles. The lowest BCUT2D eigenvalue weighted by Gasteiger charge is -2.34. The lowest BCUT2D eigenvalue weighted by molar-refractivity contribution is -0.120. The number of rotatable bonds is 5. The van der Waals surface area contributed by atoms with Gasteiger partial charge in [0, 0.05) is 6.04 Å². The van der Waals surface area contributed by atoms with Crippen molar-refractivity contribution in [3.05, 3.63) is 0 Å². The third-order valence-corrected chi connectivity index (χ3v) is 5.27. The van der Waals surface area contributed by atoms with Crippen LogP contribution in [-0.4, -0.2) is 37.9 Å². The molecule has 7 heteroatoms. The lowest BCUT2D eigenvalue weighted by atomic mass is 9.78. The first-order chi connectivity index (χ1) is 9.99. The largest absolute Gasteiger partial charge is 0.352 e. The Hall–Kier alpha value is -1.11. The van der Waals surface area contributed by atoms with Gasteiger partial charge in [0.25, 0.3) is 0 Å². The van der Waals surface area contributed by atoms with Crippen LogP contribution in [0, 0.1) is 11.8 Å². The maximum absolute atomic E-state index is 12.1. The van der Waals surface area contributed by atoms with Gasteiger partial charge in [-0.25, -0.2) is 4.68 Å². The zero-order valence-corrected chi connectivity index (χ0v) is 14.1. The SMILES string of the molecule is CC1CCCC(NC(=O)CSc2nnnn2C(C)C)C1C. The lowest BCUT2D eigenvalue weighted by Crippen LogP contribution is -2.44. The molecule has 6 nitrogen and oxygen atoms in total. The molecule has 3 atom stereocenters. The number of amides is 1. The Balaban J connectivity index is 1.83. The monoisotopic (exact) mass is 311 g/mol. The summed E-state index contributed by atoms with van der Waals surface area (Å²) in [7, 11) is 0. The van der Waals surface area contributed by atoms with Gasteiger partial charge in [-0.15, -0.1) is 5.10 Å². The van der Waals surface area contributed by atoms with E-state index in [0.29, 0.717) is 28.8 Å². The summed E-state index contributed by atoms with van der Waals surface area (Å²) in [5, 5.41) is 15.4. The van der Waals surface area contributed by atoms with Gasteiger partial charge in [0.15, 0.2) is 0 Å². The van der Waals surface area contributed by atoms with Crippen LogP contribution in [0.1, 0.15) is 53.0 Å². The fourth-order valence-electron chi connectivity index (χ4n) is 2.77. The number of nitrogens with zero attached hydrogens (tertiary/aromatic N) is 4. The van der Waals surface area contributed by atoms with Crippen LogP contribution in [0.25, 0.3) is 0 Å². The molecule has 1 amide bonds. The van der Waals surface area contributed by atoms with Crippen LogP contribution in [0.15, 0.2) is 5.16 Å². The zero-order valence-electron chi connectivity index (χ0n) is 13.2. The molecule has 2 rings (SSSR count). The molecule has 0 spiro atoms. The Morgan fingerprint density at radius 1 is 1.43 bits per heavy atom. The average molecular weight is 311 g/mol. The van der Waals surface area contributed by atoms with Crippen LogP contribution in [0.4, 0.5) is 0 Å². The number of aromatic nitrogens is 4. The topological polar surface area (TPSA) is 72.7 Å². The molecular formula is C14H25N5OS. The predicted molar refractivity (Wildman–Crippen MR) is 83.0 cm³/mol. The zero-order chi connectivity index (χ0) is 15.4. The first-order valence-corrected chi connectivity index (χ1v) is 8.67. The first kappa shape index (κ1) is 16.3. The van der Waals surface area contributed by atoms with Crippen LogP contribution in [0.3, 0.4) is 0 Å². The van der Waals surface area contributed by atoms with Gasteiger partial charge in [0.1, 0.15) is 0 Å². The number of thioether (sulfide) groups is 1. The second-order valence-corrected chi connectivity index (χ2v) is 7.17. The van der Waals surface area contributed by atoms with Crippen LogP contribution in [0.2, 0.25) is 0 Å². The maximum atomic E-state index is 12.1. The van der Waals surface area contributed by atoms with Crippen molar-refractivity contribution in [2.75, 3.05) is 5.75 Å².